The Morgan fingerprint density at radius 2 is 2.17 bits per heavy atom. The van der Waals surface area contributed by atoms with E-state index in [2.05, 4.69) is 4.98 Å². The Balaban J connectivity index is 1.90. The fourth-order valence-corrected chi connectivity index (χ4v) is 2.89. The van der Waals surface area contributed by atoms with Crippen LogP contribution < -0.4 is 15.4 Å². The third-order valence-corrected chi connectivity index (χ3v) is 4.14. The zero-order valence-electron chi connectivity index (χ0n) is 12.7. The Hall–Kier alpha value is -2.86. The number of anilines is 1. The summed E-state index contributed by atoms with van der Waals surface area (Å²) in [5, 5.41) is 0. The molecule has 6 nitrogen and oxygen atoms in total. The lowest BCUT2D eigenvalue weighted by Crippen LogP contribution is -2.35. The Labute approximate surface area is 133 Å². The number of hydrogen-bond donors (Lipinski definition) is 1. The SMILES string of the molecule is CN1C(=O)COc2ccc(-c3nc4ccccn4c3CN)cc21. The molecule has 0 spiro atoms. The molecule has 0 radical (unpaired) electrons. The number of hydrogen-bond acceptors (Lipinski definition) is 4. The standard InChI is InChI=1S/C17H16N4O2/c1-20-12-8-11(5-6-14(12)23-10-16(20)22)17-13(9-18)21-7-3-2-4-15(21)19-17/h2-8H,9-10,18H2,1H3. The molecule has 2 N–H and O–H groups in total. The largest absolute Gasteiger partial charge is 0.482 e. The molecule has 0 atom stereocenters. The summed E-state index contributed by atoms with van der Waals surface area (Å²) >= 11 is 0. The van der Waals surface area contributed by atoms with Crippen LogP contribution >= 0.6 is 0 Å². The lowest BCUT2D eigenvalue weighted by Gasteiger charge is -2.26. The van der Waals surface area contributed by atoms with E-state index in [1.165, 1.54) is 0 Å². The van der Waals surface area contributed by atoms with Gasteiger partial charge in [-0.2, -0.15) is 0 Å². The average molecular weight is 308 g/mol. The minimum atomic E-state index is -0.0660. The Bertz CT molecular complexity index is 916. The highest BCUT2D eigenvalue weighted by Crippen LogP contribution is 2.36. The summed E-state index contributed by atoms with van der Waals surface area (Å²) in [6.45, 7) is 0.453. The molecule has 3 aromatic rings. The van der Waals surface area contributed by atoms with E-state index >= 15 is 0 Å². The van der Waals surface area contributed by atoms with Gasteiger partial charge in [-0.05, 0) is 30.3 Å². The average Bonchev–Trinajstić information content (AvgIpc) is 2.96. The van der Waals surface area contributed by atoms with Crippen LogP contribution in [0, 0.1) is 0 Å². The fourth-order valence-electron chi connectivity index (χ4n) is 2.89. The van der Waals surface area contributed by atoms with Crippen molar-refractivity contribution in [2.24, 2.45) is 5.73 Å². The van der Waals surface area contributed by atoms with Crippen LogP contribution in [0.5, 0.6) is 5.75 Å². The van der Waals surface area contributed by atoms with Gasteiger partial charge >= 0.3 is 0 Å². The van der Waals surface area contributed by atoms with Gasteiger partial charge in [0.2, 0.25) is 0 Å². The van der Waals surface area contributed by atoms with Crippen molar-refractivity contribution in [1.29, 1.82) is 0 Å². The quantitative estimate of drug-likeness (QED) is 0.783. The van der Waals surface area contributed by atoms with Crippen molar-refractivity contribution in [2.45, 2.75) is 6.54 Å². The van der Waals surface area contributed by atoms with E-state index in [4.69, 9.17) is 10.5 Å². The van der Waals surface area contributed by atoms with E-state index in [0.29, 0.717) is 12.3 Å². The number of nitrogens with zero attached hydrogens (tertiary/aromatic N) is 3. The van der Waals surface area contributed by atoms with E-state index in [9.17, 15) is 4.79 Å². The summed E-state index contributed by atoms with van der Waals surface area (Å²) in [5.41, 5.74) is 10.2. The van der Waals surface area contributed by atoms with Gasteiger partial charge in [-0.15, -0.1) is 0 Å². The second-order valence-corrected chi connectivity index (χ2v) is 5.46. The van der Waals surface area contributed by atoms with Gasteiger partial charge in [0, 0.05) is 25.4 Å². The topological polar surface area (TPSA) is 72.9 Å². The maximum Gasteiger partial charge on any atom is 0.264 e. The molecule has 1 aromatic carbocycles. The molecule has 0 aliphatic carbocycles. The van der Waals surface area contributed by atoms with Gasteiger partial charge in [-0.25, -0.2) is 4.98 Å². The third kappa shape index (κ3) is 2.07. The molecule has 0 unspecified atom stereocenters. The van der Waals surface area contributed by atoms with Gasteiger partial charge in [0.05, 0.1) is 17.1 Å². The molecule has 1 amide bonds. The van der Waals surface area contributed by atoms with Crippen LogP contribution in [-0.2, 0) is 11.3 Å². The predicted molar refractivity (Wildman–Crippen MR) is 87.4 cm³/mol. The van der Waals surface area contributed by atoms with Crippen molar-refractivity contribution in [1.82, 2.24) is 9.38 Å². The van der Waals surface area contributed by atoms with Gasteiger partial charge < -0.3 is 19.8 Å². The van der Waals surface area contributed by atoms with E-state index in [-0.39, 0.29) is 12.5 Å². The summed E-state index contributed by atoms with van der Waals surface area (Å²) < 4.78 is 7.46. The number of carbonyl (C=O) groups is 1. The maximum absolute atomic E-state index is 11.8. The second kappa shape index (κ2) is 5.10. The lowest BCUT2D eigenvalue weighted by atomic mass is 10.1. The normalized spacial score (nSPS) is 14.0. The van der Waals surface area contributed by atoms with Crippen LogP contribution in [0.15, 0.2) is 42.6 Å². The molecule has 0 bridgehead atoms. The molecular formula is C17H16N4O2. The number of aromatic nitrogens is 2. The molecule has 6 heteroatoms. The summed E-state index contributed by atoms with van der Waals surface area (Å²) in [6.07, 6.45) is 1.95. The van der Waals surface area contributed by atoms with Crippen molar-refractivity contribution in [3.8, 4) is 17.0 Å². The maximum atomic E-state index is 11.8. The minimum Gasteiger partial charge on any atom is -0.482 e. The molecule has 2 aromatic heterocycles. The first-order chi connectivity index (χ1) is 11.2. The van der Waals surface area contributed by atoms with Crippen LogP contribution in [-0.4, -0.2) is 28.9 Å². The number of carbonyl (C=O) groups excluding carboxylic acids is 1. The molecule has 23 heavy (non-hydrogen) atoms. The van der Waals surface area contributed by atoms with E-state index in [1.54, 1.807) is 11.9 Å². The molecule has 116 valence electrons. The van der Waals surface area contributed by atoms with Crippen LogP contribution in [0.2, 0.25) is 0 Å². The van der Waals surface area contributed by atoms with Crippen molar-refractivity contribution < 1.29 is 9.53 Å². The monoisotopic (exact) mass is 308 g/mol. The van der Waals surface area contributed by atoms with Gasteiger partial charge in [-0.1, -0.05) is 6.07 Å². The molecule has 0 saturated carbocycles. The zero-order valence-corrected chi connectivity index (χ0v) is 12.7. The Morgan fingerprint density at radius 1 is 1.30 bits per heavy atom. The number of rotatable bonds is 2. The molecule has 1 aliphatic rings. The Kier molecular flexibility index (Phi) is 3.06. The summed E-state index contributed by atoms with van der Waals surface area (Å²) in [7, 11) is 1.75. The number of ether oxygens (including phenoxy) is 1. The number of nitrogens with two attached hydrogens (primary N) is 1. The van der Waals surface area contributed by atoms with Gasteiger partial charge in [0.15, 0.2) is 6.61 Å². The lowest BCUT2D eigenvalue weighted by molar-refractivity contribution is -0.120. The summed E-state index contributed by atoms with van der Waals surface area (Å²) in [6, 6.07) is 11.6. The number of likely N-dealkylation sites (N-methyl/N-ethyl adjacent to an activating group) is 1. The first-order valence-corrected chi connectivity index (χ1v) is 7.39. The first kappa shape index (κ1) is 13.8. The number of pyridine rings is 1. The summed E-state index contributed by atoms with van der Waals surface area (Å²) in [5.74, 6) is 0.637. The van der Waals surface area contributed by atoms with E-state index in [0.717, 1.165) is 28.3 Å². The predicted octanol–water partition coefficient (Wildman–Crippen LogP) is 1.82. The molecule has 3 heterocycles. The number of amides is 1. The summed E-state index contributed by atoms with van der Waals surface area (Å²) in [4.78, 5) is 18.1. The van der Waals surface area contributed by atoms with Crippen LogP contribution in [0.1, 0.15) is 5.69 Å². The van der Waals surface area contributed by atoms with Crippen molar-refractivity contribution in [3.05, 3.63) is 48.3 Å². The highest BCUT2D eigenvalue weighted by atomic mass is 16.5. The smallest absolute Gasteiger partial charge is 0.264 e. The molecule has 0 saturated heterocycles. The van der Waals surface area contributed by atoms with Crippen LogP contribution in [0.4, 0.5) is 5.69 Å². The molecule has 0 fully saturated rings. The second-order valence-electron chi connectivity index (χ2n) is 5.46. The van der Waals surface area contributed by atoms with Crippen molar-refractivity contribution in [3.63, 3.8) is 0 Å². The fraction of sp³-hybridized carbons (Fsp3) is 0.176. The van der Waals surface area contributed by atoms with Crippen molar-refractivity contribution >= 4 is 17.2 Å². The molecular weight excluding hydrogens is 292 g/mol. The van der Waals surface area contributed by atoms with Gasteiger partial charge in [0.25, 0.3) is 5.91 Å². The minimum absolute atomic E-state index is 0.0660. The van der Waals surface area contributed by atoms with Crippen LogP contribution in [0.3, 0.4) is 0 Å². The number of benzene rings is 1. The first-order valence-electron chi connectivity index (χ1n) is 7.39. The number of fused-ring (bicyclic) bond motifs is 2. The van der Waals surface area contributed by atoms with Crippen LogP contribution in [0.25, 0.3) is 16.9 Å². The zero-order chi connectivity index (χ0) is 16.0. The van der Waals surface area contributed by atoms with Crippen molar-refractivity contribution in [2.75, 3.05) is 18.6 Å². The van der Waals surface area contributed by atoms with Gasteiger partial charge in [-0.3, -0.25) is 4.79 Å². The molecule has 1 aliphatic heterocycles. The number of imidazole rings is 1. The van der Waals surface area contributed by atoms with E-state index < -0.39 is 0 Å². The Morgan fingerprint density at radius 3 is 3.00 bits per heavy atom. The molecule has 4 rings (SSSR count). The highest BCUT2D eigenvalue weighted by molar-refractivity contribution is 5.98. The highest BCUT2D eigenvalue weighted by Gasteiger charge is 2.23. The third-order valence-electron chi connectivity index (χ3n) is 4.14. The van der Waals surface area contributed by atoms with E-state index in [1.807, 2.05) is 47.0 Å². The van der Waals surface area contributed by atoms with Gasteiger partial charge in [0.1, 0.15) is 11.4 Å².